The molecule has 1 saturated heterocycles. The molecule has 5 nitrogen and oxygen atoms in total. The molecular weight excluding hydrogens is 370 g/mol. The molecule has 0 radical (unpaired) electrons. The summed E-state index contributed by atoms with van der Waals surface area (Å²) in [5.74, 6) is 0.0653. The molecule has 152 valence electrons. The number of hydrogen-bond acceptors (Lipinski definition) is 5. The predicted octanol–water partition coefficient (Wildman–Crippen LogP) is 3.57. The van der Waals surface area contributed by atoms with Crippen LogP contribution >= 0.6 is 11.3 Å². The minimum Gasteiger partial charge on any atom is -0.369 e. The number of amides is 1. The van der Waals surface area contributed by atoms with Gasteiger partial charge in [-0.3, -0.25) is 19.5 Å². The second-order valence-corrected chi connectivity index (χ2v) is 8.21. The van der Waals surface area contributed by atoms with Gasteiger partial charge in [-0.05, 0) is 73.3 Å². The fourth-order valence-electron chi connectivity index (χ4n) is 3.85. The molecule has 1 atom stereocenters. The highest BCUT2D eigenvalue weighted by Gasteiger charge is 2.26. The van der Waals surface area contributed by atoms with Crippen molar-refractivity contribution in [1.82, 2.24) is 9.88 Å². The molecule has 1 unspecified atom stereocenters. The summed E-state index contributed by atoms with van der Waals surface area (Å²) in [6, 6.07) is 6.11. The van der Waals surface area contributed by atoms with E-state index in [1.807, 2.05) is 12.3 Å². The van der Waals surface area contributed by atoms with Crippen molar-refractivity contribution in [2.24, 2.45) is 11.7 Å². The van der Waals surface area contributed by atoms with E-state index in [2.05, 4.69) is 39.7 Å². The van der Waals surface area contributed by atoms with Gasteiger partial charge in [-0.1, -0.05) is 13.5 Å². The fraction of sp³-hybridized carbons (Fsp3) is 0.500. The van der Waals surface area contributed by atoms with Crippen LogP contribution in [0.5, 0.6) is 0 Å². The maximum Gasteiger partial charge on any atom is 0.220 e. The lowest BCUT2D eigenvalue weighted by Gasteiger charge is -2.30. The molecule has 2 N–H and O–H groups in total. The zero-order valence-electron chi connectivity index (χ0n) is 15.8. The molecule has 0 bridgehead atoms. The molecule has 1 aliphatic rings. The molecule has 0 aliphatic carbocycles. The molecule has 1 fully saturated rings. The van der Waals surface area contributed by atoms with Gasteiger partial charge in [0.1, 0.15) is 5.78 Å². The summed E-state index contributed by atoms with van der Waals surface area (Å²) in [6.45, 7) is 4.02. The Morgan fingerprint density at radius 2 is 2.07 bits per heavy atom. The zero-order valence-corrected chi connectivity index (χ0v) is 16.6. The molecule has 1 aliphatic heterocycles. The van der Waals surface area contributed by atoms with Crippen LogP contribution in [0.2, 0.25) is 0 Å². The van der Waals surface area contributed by atoms with Crippen molar-refractivity contribution in [3.63, 3.8) is 0 Å². The smallest absolute Gasteiger partial charge is 0.220 e. The second kappa shape index (κ2) is 10.5. The van der Waals surface area contributed by atoms with E-state index in [0.717, 1.165) is 43.6 Å². The minimum absolute atomic E-state index is 0. The predicted molar refractivity (Wildman–Crippen MR) is 114 cm³/mol. The lowest BCUT2D eigenvalue weighted by molar-refractivity contribution is -0.123. The van der Waals surface area contributed by atoms with E-state index in [1.54, 1.807) is 11.3 Å². The minimum atomic E-state index is -0.220. The zero-order chi connectivity index (χ0) is 19.2. The maximum atomic E-state index is 12.8. The van der Waals surface area contributed by atoms with Gasteiger partial charge in [-0.2, -0.15) is 11.3 Å². The highest BCUT2D eigenvalue weighted by Crippen LogP contribution is 2.27. The average Bonchev–Trinajstić information content (AvgIpc) is 3.15. The number of pyridine rings is 1. The highest BCUT2D eigenvalue weighted by molar-refractivity contribution is 7.07. The number of thiophene rings is 1. The lowest BCUT2D eigenvalue weighted by atomic mass is 9.89. The van der Waals surface area contributed by atoms with E-state index in [4.69, 9.17) is 5.73 Å². The number of ketones is 1. The van der Waals surface area contributed by atoms with E-state index < -0.39 is 0 Å². The van der Waals surface area contributed by atoms with Gasteiger partial charge in [0.25, 0.3) is 0 Å². The number of rotatable bonds is 8. The molecule has 28 heavy (non-hydrogen) atoms. The first-order valence-electron chi connectivity index (χ1n) is 9.49. The van der Waals surface area contributed by atoms with Crippen LogP contribution in [-0.2, 0) is 16.0 Å². The third-order valence-electron chi connectivity index (χ3n) is 5.36. The summed E-state index contributed by atoms with van der Waals surface area (Å²) in [5, 5.41) is 4.22. The van der Waals surface area contributed by atoms with Gasteiger partial charge in [0.15, 0.2) is 0 Å². The fourth-order valence-corrected chi connectivity index (χ4v) is 4.53. The monoisotopic (exact) mass is 401 g/mol. The molecule has 0 saturated carbocycles. The number of primary amides is 1. The van der Waals surface area contributed by atoms with Crippen molar-refractivity contribution in [3.8, 4) is 0 Å². The van der Waals surface area contributed by atoms with Crippen molar-refractivity contribution in [2.75, 3.05) is 19.6 Å². The molecule has 0 spiro atoms. The number of carbonyl (C=O) groups excluding carboxylic acids is 2. The number of piperidine rings is 1. The number of carbonyl (C=O) groups is 2. The van der Waals surface area contributed by atoms with Crippen molar-refractivity contribution in [2.45, 2.75) is 46.0 Å². The molecule has 1 amide bonds. The molecule has 3 heterocycles. The maximum absolute atomic E-state index is 12.8. The van der Waals surface area contributed by atoms with Crippen LogP contribution in [0.15, 0.2) is 35.2 Å². The molecule has 3 rings (SSSR count). The Morgan fingerprint density at radius 3 is 2.68 bits per heavy atom. The Kier molecular flexibility index (Phi) is 8.33. The topological polar surface area (TPSA) is 76.3 Å². The first-order chi connectivity index (χ1) is 13.0. The van der Waals surface area contributed by atoms with E-state index in [1.165, 1.54) is 5.56 Å². The largest absolute Gasteiger partial charge is 0.369 e. The van der Waals surface area contributed by atoms with Gasteiger partial charge in [0.05, 0.1) is 6.54 Å². The van der Waals surface area contributed by atoms with Crippen molar-refractivity contribution >= 4 is 23.0 Å². The van der Waals surface area contributed by atoms with Gasteiger partial charge < -0.3 is 5.73 Å². The molecular formula is C22H31N3O2S. The SMILES string of the molecule is C.Cc1cccnc1C(CC(=O)CN1CCC(C(N)=O)CC1)Cc1ccsc1. The van der Waals surface area contributed by atoms with Crippen LogP contribution in [0, 0.1) is 12.8 Å². The van der Waals surface area contributed by atoms with Crippen LogP contribution in [0.1, 0.15) is 49.4 Å². The standard InChI is InChI=1S/C21H27N3O2S.CH4/c1-15-3-2-7-23-20(15)18(11-16-6-10-27-14-16)12-19(25)13-24-8-4-17(5-9-24)21(22)26;/h2-3,6-7,10,14,17-18H,4-5,8-9,11-13H2,1H3,(H2,22,26);1H4. The first-order valence-corrected chi connectivity index (χ1v) is 10.4. The van der Waals surface area contributed by atoms with Crippen LogP contribution in [0.25, 0.3) is 0 Å². The van der Waals surface area contributed by atoms with Crippen LogP contribution in [0.4, 0.5) is 0 Å². The van der Waals surface area contributed by atoms with Crippen LogP contribution in [-0.4, -0.2) is 41.2 Å². The molecule has 6 heteroatoms. The first kappa shape index (κ1) is 22.2. The Balaban J connectivity index is 0.00000280. The Hall–Kier alpha value is -2.05. The highest BCUT2D eigenvalue weighted by atomic mass is 32.1. The quantitative estimate of drug-likeness (QED) is 0.734. The van der Waals surface area contributed by atoms with E-state index in [-0.39, 0.29) is 31.0 Å². The van der Waals surface area contributed by atoms with Gasteiger partial charge in [-0.25, -0.2) is 0 Å². The van der Waals surface area contributed by atoms with Gasteiger partial charge in [0, 0.05) is 30.1 Å². The van der Waals surface area contributed by atoms with Crippen molar-refractivity contribution in [3.05, 3.63) is 52.0 Å². The second-order valence-electron chi connectivity index (χ2n) is 7.43. The number of nitrogens with two attached hydrogens (primary N) is 1. The lowest BCUT2D eigenvalue weighted by Crippen LogP contribution is -2.41. The van der Waals surface area contributed by atoms with Crippen LogP contribution < -0.4 is 5.73 Å². The summed E-state index contributed by atoms with van der Waals surface area (Å²) in [4.78, 5) is 30.8. The Morgan fingerprint density at radius 1 is 1.32 bits per heavy atom. The number of likely N-dealkylation sites (tertiary alicyclic amines) is 1. The summed E-state index contributed by atoms with van der Waals surface area (Å²) >= 11 is 1.68. The van der Waals surface area contributed by atoms with Crippen molar-refractivity contribution in [1.29, 1.82) is 0 Å². The molecule has 2 aromatic heterocycles. The normalized spacial score (nSPS) is 16.3. The average molecular weight is 402 g/mol. The van der Waals surface area contributed by atoms with Gasteiger partial charge in [-0.15, -0.1) is 0 Å². The number of Topliss-reactive ketones (excluding diaryl/α,β-unsaturated/α-hetero) is 1. The molecule has 2 aromatic rings. The van der Waals surface area contributed by atoms with Crippen LogP contribution in [0.3, 0.4) is 0 Å². The van der Waals surface area contributed by atoms with Crippen molar-refractivity contribution < 1.29 is 9.59 Å². The summed E-state index contributed by atoms with van der Waals surface area (Å²) in [7, 11) is 0. The van der Waals surface area contributed by atoms with E-state index >= 15 is 0 Å². The number of aryl methyl sites for hydroxylation is 1. The third-order valence-corrected chi connectivity index (χ3v) is 6.09. The number of nitrogens with zero attached hydrogens (tertiary/aromatic N) is 2. The van der Waals surface area contributed by atoms with Gasteiger partial charge >= 0.3 is 0 Å². The third kappa shape index (κ3) is 5.97. The summed E-state index contributed by atoms with van der Waals surface area (Å²) in [5.41, 5.74) is 8.80. The summed E-state index contributed by atoms with van der Waals surface area (Å²) < 4.78 is 0. The van der Waals surface area contributed by atoms with Gasteiger partial charge in [0.2, 0.25) is 5.91 Å². The summed E-state index contributed by atoms with van der Waals surface area (Å²) in [6.07, 6.45) is 4.63. The van der Waals surface area contributed by atoms with E-state index in [0.29, 0.717) is 13.0 Å². The Labute approximate surface area is 172 Å². The number of aromatic nitrogens is 1. The Bertz CT molecular complexity index is 768. The number of hydrogen-bond donors (Lipinski definition) is 1. The molecule has 0 aromatic carbocycles. The van der Waals surface area contributed by atoms with E-state index in [9.17, 15) is 9.59 Å².